The second kappa shape index (κ2) is 6.21. The van der Waals surface area contributed by atoms with Crippen LogP contribution >= 0.6 is 0 Å². The van der Waals surface area contributed by atoms with Crippen LogP contribution in [0.5, 0.6) is 0 Å². The van der Waals surface area contributed by atoms with E-state index in [1.807, 2.05) is 0 Å². The maximum atomic E-state index is 12.3. The Labute approximate surface area is 114 Å². The first-order valence-corrected chi connectivity index (χ1v) is 6.51. The van der Waals surface area contributed by atoms with Crippen LogP contribution in [-0.4, -0.2) is 30.0 Å². The lowest BCUT2D eigenvalue weighted by Crippen LogP contribution is -2.43. The van der Waals surface area contributed by atoms with Crippen molar-refractivity contribution in [3.63, 3.8) is 0 Å². The number of carbonyl (C=O) groups is 1. The number of nitrogens with zero attached hydrogens (tertiary/aromatic N) is 1. The highest BCUT2D eigenvalue weighted by atomic mass is 19.4. The van der Waals surface area contributed by atoms with Gasteiger partial charge in [-0.25, -0.2) is 0 Å². The van der Waals surface area contributed by atoms with E-state index >= 15 is 0 Å². The van der Waals surface area contributed by atoms with Gasteiger partial charge in [0.05, 0.1) is 5.56 Å². The normalized spacial score (nSPS) is 19.6. The third-order valence-electron chi connectivity index (χ3n) is 3.24. The summed E-state index contributed by atoms with van der Waals surface area (Å²) in [6.45, 7) is 1.40. The van der Waals surface area contributed by atoms with Crippen LogP contribution in [-0.2, 0) is 6.18 Å². The molecule has 1 aliphatic rings. The number of hydrogen-bond donors (Lipinski definition) is 2. The van der Waals surface area contributed by atoms with Gasteiger partial charge in [-0.05, 0) is 31.5 Å². The van der Waals surface area contributed by atoms with Crippen molar-refractivity contribution in [2.45, 2.75) is 31.5 Å². The fraction of sp³-hybridized carbons (Fsp3) is 0.538. The van der Waals surface area contributed by atoms with Gasteiger partial charge in [0.15, 0.2) is 0 Å². The zero-order chi connectivity index (χ0) is 14.6. The Morgan fingerprint density at radius 2 is 2.20 bits per heavy atom. The van der Waals surface area contributed by atoms with Crippen molar-refractivity contribution >= 4 is 5.91 Å². The standard InChI is InChI=1S/C13H16F3N3O/c14-13(15,16)11-5-4-9(7-18-11)12(20)19-8-10-3-1-2-6-17-10/h4-5,7,10,17H,1-3,6,8H2,(H,19,20). The summed E-state index contributed by atoms with van der Waals surface area (Å²) in [5, 5.41) is 5.98. The van der Waals surface area contributed by atoms with Gasteiger partial charge in [-0.2, -0.15) is 13.2 Å². The molecule has 1 fully saturated rings. The first kappa shape index (κ1) is 14.8. The van der Waals surface area contributed by atoms with E-state index in [0.717, 1.165) is 44.1 Å². The highest BCUT2D eigenvalue weighted by molar-refractivity contribution is 5.93. The van der Waals surface area contributed by atoms with E-state index in [9.17, 15) is 18.0 Å². The summed E-state index contributed by atoms with van der Waals surface area (Å²) in [5.74, 6) is -0.404. The van der Waals surface area contributed by atoms with Gasteiger partial charge < -0.3 is 10.6 Å². The summed E-state index contributed by atoms with van der Waals surface area (Å²) in [4.78, 5) is 15.1. The number of amides is 1. The Morgan fingerprint density at radius 3 is 2.75 bits per heavy atom. The third kappa shape index (κ3) is 3.93. The molecule has 1 saturated heterocycles. The number of carbonyl (C=O) groups excluding carboxylic acids is 1. The van der Waals surface area contributed by atoms with Gasteiger partial charge in [0.25, 0.3) is 5.91 Å². The highest BCUT2D eigenvalue weighted by Gasteiger charge is 2.32. The first-order chi connectivity index (χ1) is 9.47. The van der Waals surface area contributed by atoms with E-state index in [-0.39, 0.29) is 11.6 Å². The monoisotopic (exact) mass is 287 g/mol. The number of pyridine rings is 1. The van der Waals surface area contributed by atoms with Crippen LogP contribution in [0.15, 0.2) is 18.3 Å². The molecule has 1 aromatic rings. The van der Waals surface area contributed by atoms with Gasteiger partial charge in [0, 0.05) is 18.8 Å². The molecule has 110 valence electrons. The SMILES string of the molecule is O=C(NCC1CCCCN1)c1ccc(C(F)(F)F)nc1. The van der Waals surface area contributed by atoms with E-state index in [2.05, 4.69) is 15.6 Å². The lowest BCUT2D eigenvalue weighted by molar-refractivity contribution is -0.141. The zero-order valence-electron chi connectivity index (χ0n) is 10.8. The molecule has 0 saturated carbocycles. The van der Waals surface area contributed by atoms with E-state index in [1.54, 1.807) is 0 Å². The summed E-state index contributed by atoms with van der Waals surface area (Å²) in [5.41, 5.74) is -0.864. The van der Waals surface area contributed by atoms with Gasteiger partial charge in [0.1, 0.15) is 5.69 Å². The van der Waals surface area contributed by atoms with Crippen LogP contribution in [0.3, 0.4) is 0 Å². The number of hydrogen-bond acceptors (Lipinski definition) is 3. The lowest BCUT2D eigenvalue weighted by Gasteiger charge is -2.23. The maximum Gasteiger partial charge on any atom is 0.433 e. The van der Waals surface area contributed by atoms with Gasteiger partial charge in [-0.1, -0.05) is 6.42 Å². The number of halogens is 3. The van der Waals surface area contributed by atoms with Gasteiger partial charge in [-0.15, -0.1) is 0 Å². The van der Waals surface area contributed by atoms with E-state index in [4.69, 9.17) is 0 Å². The van der Waals surface area contributed by atoms with Crippen LogP contribution < -0.4 is 10.6 Å². The molecule has 4 nitrogen and oxygen atoms in total. The van der Waals surface area contributed by atoms with Crippen molar-refractivity contribution in [3.8, 4) is 0 Å². The molecule has 0 bridgehead atoms. The molecule has 1 aliphatic heterocycles. The lowest BCUT2D eigenvalue weighted by atomic mass is 10.1. The fourth-order valence-corrected chi connectivity index (χ4v) is 2.11. The third-order valence-corrected chi connectivity index (χ3v) is 3.24. The van der Waals surface area contributed by atoms with Crippen molar-refractivity contribution in [3.05, 3.63) is 29.6 Å². The number of nitrogens with one attached hydrogen (secondary N) is 2. The molecule has 2 rings (SSSR count). The molecular weight excluding hydrogens is 271 g/mol. The van der Waals surface area contributed by atoms with Gasteiger partial charge >= 0.3 is 6.18 Å². The minimum Gasteiger partial charge on any atom is -0.350 e. The van der Waals surface area contributed by atoms with Gasteiger partial charge in [0.2, 0.25) is 0 Å². The first-order valence-electron chi connectivity index (χ1n) is 6.51. The molecule has 1 unspecified atom stereocenters. The summed E-state index contributed by atoms with van der Waals surface area (Å²) in [7, 11) is 0. The molecule has 0 radical (unpaired) electrons. The summed E-state index contributed by atoms with van der Waals surface area (Å²) in [6.07, 6.45) is -0.290. The number of aromatic nitrogens is 1. The molecule has 2 heterocycles. The number of piperidine rings is 1. The summed E-state index contributed by atoms with van der Waals surface area (Å²) >= 11 is 0. The number of rotatable bonds is 3. The second-order valence-corrected chi connectivity index (χ2v) is 4.79. The molecule has 1 atom stereocenters. The maximum absolute atomic E-state index is 12.3. The van der Waals surface area contributed by atoms with E-state index in [1.165, 1.54) is 0 Å². The summed E-state index contributed by atoms with van der Waals surface area (Å²) in [6, 6.07) is 2.18. The molecule has 1 aromatic heterocycles. The average Bonchev–Trinajstić information content (AvgIpc) is 2.45. The Balaban J connectivity index is 1.89. The highest BCUT2D eigenvalue weighted by Crippen LogP contribution is 2.27. The Bertz CT molecular complexity index is 453. The van der Waals surface area contributed by atoms with Gasteiger partial charge in [-0.3, -0.25) is 9.78 Å². The largest absolute Gasteiger partial charge is 0.433 e. The van der Waals surface area contributed by atoms with Crippen LogP contribution in [0.4, 0.5) is 13.2 Å². The quantitative estimate of drug-likeness (QED) is 0.893. The predicted octanol–water partition coefficient (Wildman–Crippen LogP) is 1.97. The molecule has 1 amide bonds. The van der Waals surface area contributed by atoms with Crippen molar-refractivity contribution < 1.29 is 18.0 Å². The van der Waals surface area contributed by atoms with Crippen molar-refractivity contribution in [2.75, 3.05) is 13.1 Å². The Morgan fingerprint density at radius 1 is 1.40 bits per heavy atom. The Kier molecular flexibility index (Phi) is 4.59. The van der Waals surface area contributed by atoms with Crippen LogP contribution in [0.1, 0.15) is 35.3 Å². The summed E-state index contributed by atoms with van der Waals surface area (Å²) < 4.78 is 37.0. The van der Waals surface area contributed by atoms with E-state index < -0.39 is 17.8 Å². The average molecular weight is 287 g/mol. The smallest absolute Gasteiger partial charge is 0.350 e. The molecule has 20 heavy (non-hydrogen) atoms. The molecule has 7 heteroatoms. The molecule has 2 N–H and O–H groups in total. The minimum atomic E-state index is -4.49. The molecule has 0 spiro atoms. The molecule has 0 aromatic carbocycles. The van der Waals surface area contributed by atoms with Crippen molar-refractivity contribution in [1.82, 2.24) is 15.6 Å². The second-order valence-electron chi connectivity index (χ2n) is 4.79. The predicted molar refractivity (Wildman–Crippen MR) is 67.2 cm³/mol. The fourth-order valence-electron chi connectivity index (χ4n) is 2.11. The van der Waals surface area contributed by atoms with Crippen LogP contribution in [0, 0.1) is 0 Å². The van der Waals surface area contributed by atoms with Crippen molar-refractivity contribution in [1.29, 1.82) is 0 Å². The molecule has 0 aliphatic carbocycles. The van der Waals surface area contributed by atoms with Crippen molar-refractivity contribution in [2.24, 2.45) is 0 Å². The minimum absolute atomic E-state index is 0.133. The Hall–Kier alpha value is -1.63. The number of alkyl halides is 3. The zero-order valence-corrected chi connectivity index (χ0v) is 10.8. The van der Waals surface area contributed by atoms with E-state index in [0.29, 0.717) is 6.54 Å². The molecular formula is C13H16F3N3O. The van der Waals surface area contributed by atoms with Crippen LogP contribution in [0.25, 0.3) is 0 Å². The van der Waals surface area contributed by atoms with Crippen LogP contribution in [0.2, 0.25) is 0 Å². The topological polar surface area (TPSA) is 54.0 Å².